The topological polar surface area (TPSA) is 94.5 Å². The third kappa shape index (κ3) is 2.41. The number of hydrogen-bond donors (Lipinski definition) is 1. The van der Waals surface area contributed by atoms with Crippen molar-refractivity contribution in [3.63, 3.8) is 0 Å². The van der Waals surface area contributed by atoms with E-state index in [1.54, 1.807) is 17.0 Å². The van der Waals surface area contributed by atoms with Gasteiger partial charge in [0, 0.05) is 6.54 Å². The van der Waals surface area contributed by atoms with E-state index in [9.17, 15) is 14.7 Å². The molecule has 31 heavy (non-hydrogen) atoms. The van der Waals surface area contributed by atoms with Gasteiger partial charge in [0.25, 0.3) is 5.91 Å². The van der Waals surface area contributed by atoms with Crippen molar-refractivity contribution in [1.29, 1.82) is 0 Å². The highest BCUT2D eigenvalue weighted by Crippen LogP contribution is 2.55. The standard InChI is InChI=1S/C23H23NO7/c1-4-23(22(26)27)14-5-6-15(28-2)19(29-3)18(14)21(25)24-8-7-12-9-16-17(31-11-30-16)10-13(12)20(23)24/h5-6,9-10,20H,4,7-8,11H2,1-3H3,(H,26,27). The average molecular weight is 425 g/mol. The number of carbonyl (C=O) groups is 2. The van der Waals surface area contributed by atoms with Crippen molar-refractivity contribution in [2.75, 3.05) is 27.6 Å². The van der Waals surface area contributed by atoms with Crippen LogP contribution in [0.15, 0.2) is 24.3 Å². The summed E-state index contributed by atoms with van der Waals surface area (Å²) in [5.74, 6) is 0.629. The number of rotatable bonds is 4. The molecule has 0 saturated carbocycles. The lowest BCUT2D eigenvalue weighted by Crippen LogP contribution is -2.57. The molecule has 1 amide bonds. The Morgan fingerprint density at radius 2 is 1.97 bits per heavy atom. The van der Waals surface area contributed by atoms with Gasteiger partial charge in [-0.2, -0.15) is 0 Å². The number of carboxylic acids is 1. The molecule has 0 spiro atoms. The monoisotopic (exact) mass is 425 g/mol. The maximum absolute atomic E-state index is 13.7. The molecule has 8 heteroatoms. The summed E-state index contributed by atoms with van der Waals surface area (Å²) in [5, 5.41) is 10.6. The van der Waals surface area contributed by atoms with E-state index in [0.29, 0.717) is 35.8 Å². The Morgan fingerprint density at radius 1 is 1.23 bits per heavy atom. The van der Waals surface area contributed by atoms with Crippen LogP contribution in [0, 0.1) is 0 Å². The Bertz CT molecular complexity index is 1110. The second-order valence-electron chi connectivity index (χ2n) is 7.91. The molecule has 162 valence electrons. The molecule has 0 saturated heterocycles. The van der Waals surface area contributed by atoms with Crippen molar-refractivity contribution >= 4 is 11.9 Å². The van der Waals surface area contributed by atoms with E-state index in [1.807, 2.05) is 19.1 Å². The quantitative estimate of drug-likeness (QED) is 0.805. The molecule has 2 aromatic carbocycles. The van der Waals surface area contributed by atoms with Gasteiger partial charge < -0.3 is 29.0 Å². The van der Waals surface area contributed by atoms with Crippen molar-refractivity contribution in [2.45, 2.75) is 31.2 Å². The van der Waals surface area contributed by atoms with E-state index in [0.717, 1.165) is 11.1 Å². The molecular formula is C23H23NO7. The summed E-state index contributed by atoms with van der Waals surface area (Å²) in [6, 6.07) is 6.42. The van der Waals surface area contributed by atoms with Gasteiger partial charge in [0.15, 0.2) is 23.0 Å². The van der Waals surface area contributed by atoms with Crippen molar-refractivity contribution in [1.82, 2.24) is 4.90 Å². The fraction of sp³-hybridized carbons (Fsp3) is 0.391. The Kier molecular flexibility index (Phi) is 4.28. The highest BCUT2D eigenvalue weighted by Gasteiger charge is 2.58. The van der Waals surface area contributed by atoms with Crippen LogP contribution in [0.3, 0.4) is 0 Å². The van der Waals surface area contributed by atoms with Crippen LogP contribution in [-0.2, 0) is 16.6 Å². The Hall–Kier alpha value is -3.42. The highest BCUT2D eigenvalue weighted by atomic mass is 16.7. The van der Waals surface area contributed by atoms with Gasteiger partial charge in [0.05, 0.1) is 25.8 Å². The van der Waals surface area contributed by atoms with Crippen LogP contribution in [0.2, 0.25) is 0 Å². The maximum Gasteiger partial charge on any atom is 0.316 e. The fourth-order valence-corrected chi connectivity index (χ4v) is 5.33. The van der Waals surface area contributed by atoms with Crippen LogP contribution in [-0.4, -0.2) is 49.4 Å². The lowest BCUT2D eigenvalue weighted by atomic mass is 9.63. The van der Waals surface area contributed by atoms with Gasteiger partial charge in [-0.15, -0.1) is 0 Å². The lowest BCUT2D eigenvalue weighted by Gasteiger charge is -2.51. The average Bonchev–Trinajstić information content (AvgIpc) is 3.24. The van der Waals surface area contributed by atoms with E-state index in [4.69, 9.17) is 18.9 Å². The predicted octanol–water partition coefficient (Wildman–Crippen LogP) is 2.92. The number of hydrogen-bond acceptors (Lipinski definition) is 6. The van der Waals surface area contributed by atoms with Gasteiger partial charge in [0.2, 0.25) is 6.79 Å². The van der Waals surface area contributed by atoms with E-state index in [2.05, 4.69) is 0 Å². The van der Waals surface area contributed by atoms with E-state index < -0.39 is 17.4 Å². The van der Waals surface area contributed by atoms with Crippen LogP contribution >= 0.6 is 0 Å². The molecule has 0 aromatic heterocycles. The number of benzene rings is 2. The third-order valence-electron chi connectivity index (χ3n) is 6.77. The number of carbonyl (C=O) groups excluding carboxylic acids is 1. The van der Waals surface area contributed by atoms with Crippen LogP contribution < -0.4 is 18.9 Å². The molecule has 1 N–H and O–H groups in total. The summed E-state index contributed by atoms with van der Waals surface area (Å²) < 4.78 is 22.0. The van der Waals surface area contributed by atoms with Gasteiger partial charge in [-0.05, 0) is 47.7 Å². The minimum atomic E-state index is -1.36. The number of carboxylic acid groups (broad SMARTS) is 1. The number of fused-ring (bicyclic) bond motifs is 5. The van der Waals surface area contributed by atoms with Crippen LogP contribution in [0.5, 0.6) is 23.0 Å². The molecule has 0 radical (unpaired) electrons. The molecule has 2 unspecified atom stereocenters. The minimum Gasteiger partial charge on any atom is -0.493 e. The summed E-state index contributed by atoms with van der Waals surface area (Å²) in [7, 11) is 2.95. The molecular weight excluding hydrogens is 402 g/mol. The molecule has 5 rings (SSSR count). The largest absolute Gasteiger partial charge is 0.493 e. The first-order chi connectivity index (χ1) is 15.0. The Labute approximate surface area is 179 Å². The summed E-state index contributed by atoms with van der Waals surface area (Å²) in [6.07, 6.45) is 0.877. The molecule has 3 heterocycles. The summed E-state index contributed by atoms with van der Waals surface area (Å²) in [4.78, 5) is 28.3. The first-order valence-electron chi connectivity index (χ1n) is 10.2. The minimum absolute atomic E-state index is 0.128. The highest BCUT2D eigenvalue weighted by molar-refractivity contribution is 6.05. The molecule has 0 aliphatic carbocycles. The van der Waals surface area contributed by atoms with Crippen LogP contribution in [0.4, 0.5) is 0 Å². The third-order valence-corrected chi connectivity index (χ3v) is 6.77. The maximum atomic E-state index is 13.7. The molecule has 3 aliphatic rings. The molecule has 2 atom stereocenters. The number of nitrogens with zero attached hydrogens (tertiary/aromatic N) is 1. The van der Waals surface area contributed by atoms with Gasteiger partial charge >= 0.3 is 5.97 Å². The molecule has 0 fully saturated rings. The van der Waals surface area contributed by atoms with Crippen molar-refractivity contribution in [3.05, 3.63) is 46.5 Å². The molecule has 0 bridgehead atoms. The smallest absolute Gasteiger partial charge is 0.316 e. The van der Waals surface area contributed by atoms with Crippen molar-refractivity contribution < 1.29 is 33.6 Å². The van der Waals surface area contributed by atoms with Gasteiger partial charge in [0.1, 0.15) is 5.41 Å². The van der Waals surface area contributed by atoms with E-state index in [1.165, 1.54) is 14.2 Å². The Balaban J connectivity index is 1.82. The fourth-order valence-electron chi connectivity index (χ4n) is 5.33. The van der Waals surface area contributed by atoms with Crippen LogP contribution in [0.1, 0.15) is 46.4 Å². The van der Waals surface area contributed by atoms with E-state index in [-0.39, 0.29) is 30.4 Å². The SMILES string of the molecule is CCC1(C(=O)O)c2ccc(OC)c(OC)c2C(=O)N2CCc3cc4c(cc3C21)OCO4. The number of aliphatic carboxylic acids is 1. The van der Waals surface area contributed by atoms with Gasteiger partial charge in [-0.3, -0.25) is 9.59 Å². The normalized spacial score (nSPS) is 23.0. The second kappa shape index (κ2) is 6.80. The van der Waals surface area contributed by atoms with Crippen molar-refractivity contribution in [3.8, 4) is 23.0 Å². The molecule has 2 aromatic rings. The molecule has 3 aliphatic heterocycles. The van der Waals surface area contributed by atoms with Gasteiger partial charge in [-0.1, -0.05) is 13.0 Å². The zero-order valence-electron chi connectivity index (χ0n) is 17.6. The molecule has 8 nitrogen and oxygen atoms in total. The summed E-state index contributed by atoms with van der Waals surface area (Å²) in [6.45, 7) is 2.36. The number of methoxy groups -OCH3 is 2. The van der Waals surface area contributed by atoms with E-state index >= 15 is 0 Å². The Morgan fingerprint density at radius 3 is 2.61 bits per heavy atom. The first kappa shape index (κ1) is 19.5. The number of amides is 1. The summed E-state index contributed by atoms with van der Waals surface area (Å²) in [5.41, 5.74) is 1.10. The second-order valence-corrected chi connectivity index (χ2v) is 7.91. The van der Waals surface area contributed by atoms with Gasteiger partial charge in [-0.25, -0.2) is 0 Å². The zero-order valence-corrected chi connectivity index (χ0v) is 17.6. The summed E-state index contributed by atoms with van der Waals surface area (Å²) >= 11 is 0. The zero-order chi connectivity index (χ0) is 21.9. The van der Waals surface area contributed by atoms with Crippen LogP contribution in [0.25, 0.3) is 0 Å². The lowest BCUT2D eigenvalue weighted by molar-refractivity contribution is -0.147. The first-order valence-corrected chi connectivity index (χ1v) is 10.2. The van der Waals surface area contributed by atoms with Crippen molar-refractivity contribution in [2.24, 2.45) is 0 Å². The predicted molar refractivity (Wildman–Crippen MR) is 109 cm³/mol. The number of ether oxygens (including phenoxy) is 4.